The van der Waals surface area contributed by atoms with Crippen LogP contribution >= 0.6 is 0 Å². The number of carbonyl (C=O) groups excluding carboxylic acids is 1. The number of unbranched alkanes of at least 4 members (excludes halogenated alkanes) is 1. The van der Waals surface area contributed by atoms with Crippen LogP contribution in [0.3, 0.4) is 0 Å². The molecule has 0 aliphatic heterocycles. The zero-order valence-corrected chi connectivity index (χ0v) is 16.5. The molecule has 0 radical (unpaired) electrons. The lowest BCUT2D eigenvalue weighted by atomic mass is 10.1. The second kappa shape index (κ2) is 9.53. The second-order valence-electron chi connectivity index (χ2n) is 6.37. The highest BCUT2D eigenvalue weighted by atomic mass is 32.2. The predicted octanol–water partition coefficient (Wildman–Crippen LogP) is 2.86. The van der Waals surface area contributed by atoms with Crippen molar-refractivity contribution in [2.24, 2.45) is 0 Å². The van der Waals surface area contributed by atoms with Crippen molar-refractivity contribution < 1.29 is 18.3 Å². The Kier molecular flexibility index (Phi) is 7.38. The van der Waals surface area contributed by atoms with Crippen molar-refractivity contribution in [1.29, 1.82) is 0 Å². The lowest BCUT2D eigenvalue weighted by molar-refractivity contribution is 0.0944. The molecule has 0 saturated heterocycles. The highest BCUT2D eigenvalue weighted by Crippen LogP contribution is 2.21. The van der Waals surface area contributed by atoms with Gasteiger partial charge in [-0.2, -0.15) is 0 Å². The molecule has 2 aromatic rings. The topological polar surface area (TPSA) is 95.5 Å². The van der Waals surface area contributed by atoms with Crippen LogP contribution in [0.1, 0.15) is 41.3 Å². The van der Waals surface area contributed by atoms with Crippen molar-refractivity contribution in [1.82, 2.24) is 5.32 Å². The Morgan fingerprint density at radius 1 is 1.11 bits per heavy atom. The number of hydrogen-bond acceptors (Lipinski definition) is 4. The van der Waals surface area contributed by atoms with Crippen molar-refractivity contribution in [3.63, 3.8) is 0 Å². The van der Waals surface area contributed by atoms with E-state index in [1.54, 1.807) is 31.2 Å². The van der Waals surface area contributed by atoms with Crippen LogP contribution in [0.15, 0.2) is 47.4 Å². The molecule has 0 aliphatic carbocycles. The number of nitrogens with one attached hydrogen (secondary N) is 2. The van der Waals surface area contributed by atoms with Crippen LogP contribution in [0.2, 0.25) is 0 Å². The molecule has 0 atom stereocenters. The normalized spacial score (nSPS) is 11.2. The van der Waals surface area contributed by atoms with Gasteiger partial charge in [-0.3, -0.25) is 9.52 Å². The van der Waals surface area contributed by atoms with E-state index in [1.165, 1.54) is 11.6 Å². The number of amides is 1. The largest absolute Gasteiger partial charge is 0.395 e. The van der Waals surface area contributed by atoms with E-state index < -0.39 is 15.9 Å². The summed E-state index contributed by atoms with van der Waals surface area (Å²) >= 11 is 0. The first-order valence-electron chi connectivity index (χ1n) is 8.99. The Bertz CT molecular complexity index is 877. The zero-order valence-electron chi connectivity index (χ0n) is 15.7. The summed E-state index contributed by atoms with van der Waals surface area (Å²) < 4.78 is 28.1. The first-order chi connectivity index (χ1) is 12.9. The van der Waals surface area contributed by atoms with Crippen LogP contribution in [0, 0.1) is 6.92 Å². The molecule has 2 aromatic carbocycles. The predicted molar refractivity (Wildman–Crippen MR) is 106 cm³/mol. The summed E-state index contributed by atoms with van der Waals surface area (Å²) in [6.45, 7) is 3.73. The van der Waals surface area contributed by atoms with Gasteiger partial charge in [-0.15, -0.1) is 0 Å². The Balaban J connectivity index is 2.21. The summed E-state index contributed by atoms with van der Waals surface area (Å²) in [5.74, 6) is -0.430. The van der Waals surface area contributed by atoms with Gasteiger partial charge in [0, 0.05) is 17.8 Å². The number of carbonyl (C=O) groups is 1. The molecule has 3 N–H and O–H groups in total. The highest BCUT2D eigenvalue weighted by Gasteiger charge is 2.19. The number of aryl methyl sites for hydroxylation is 2. The lowest BCUT2D eigenvalue weighted by Crippen LogP contribution is -2.26. The Labute approximate surface area is 160 Å². The number of aliphatic hydroxyl groups excluding tert-OH is 1. The van der Waals surface area contributed by atoms with Crippen molar-refractivity contribution in [3.05, 3.63) is 59.2 Å². The first-order valence-corrected chi connectivity index (χ1v) is 10.5. The maximum absolute atomic E-state index is 12.8. The van der Waals surface area contributed by atoms with Gasteiger partial charge in [0.15, 0.2) is 0 Å². The van der Waals surface area contributed by atoms with E-state index in [4.69, 9.17) is 5.11 Å². The fourth-order valence-electron chi connectivity index (χ4n) is 2.63. The molecular formula is C20H26N2O4S. The van der Waals surface area contributed by atoms with Gasteiger partial charge in [0.2, 0.25) is 0 Å². The summed E-state index contributed by atoms with van der Waals surface area (Å²) in [5.41, 5.74) is 2.41. The van der Waals surface area contributed by atoms with Gasteiger partial charge < -0.3 is 10.4 Å². The Morgan fingerprint density at radius 3 is 2.44 bits per heavy atom. The monoisotopic (exact) mass is 390 g/mol. The van der Waals surface area contributed by atoms with E-state index in [0.717, 1.165) is 19.3 Å². The van der Waals surface area contributed by atoms with E-state index in [-0.39, 0.29) is 23.6 Å². The number of benzene rings is 2. The minimum atomic E-state index is -3.83. The quantitative estimate of drug-likeness (QED) is 0.613. The molecule has 0 bridgehead atoms. The Morgan fingerprint density at radius 2 is 1.81 bits per heavy atom. The highest BCUT2D eigenvalue weighted by molar-refractivity contribution is 7.92. The molecule has 146 valence electrons. The van der Waals surface area contributed by atoms with Crippen molar-refractivity contribution in [3.8, 4) is 0 Å². The maximum Gasteiger partial charge on any atom is 0.262 e. The fraction of sp³-hybridized carbons (Fsp3) is 0.350. The average molecular weight is 391 g/mol. The minimum Gasteiger partial charge on any atom is -0.395 e. The van der Waals surface area contributed by atoms with Gasteiger partial charge in [0.05, 0.1) is 11.5 Å². The number of aliphatic hydroxyl groups is 1. The van der Waals surface area contributed by atoms with Crippen LogP contribution < -0.4 is 10.0 Å². The molecule has 7 heteroatoms. The van der Waals surface area contributed by atoms with Crippen LogP contribution in [-0.4, -0.2) is 32.6 Å². The van der Waals surface area contributed by atoms with Gasteiger partial charge in [-0.1, -0.05) is 31.5 Å². The summed E-state index contributed by atoms with van der Waals surface area (Å²) in [7, 11) is -3.83. The van der Waals surface area contributed by atoms with Crippen molar-refractivity contribution in [2.45, 2.75) is 38.0 Å². The summed E-state index contributed by atoms with van der Waals surface area (Å²) in [4.78, 5) is 12.1. The number of sulfonamides is 1. The van der Waals surface area contributed by atoms with E-state index in [2.05, 4.69) is 17.0 Å². The average Bonchev–Trinajstić information content (AvgIpc) is 2.65. The summed E-state index contributed by atoms with van der Waals surface area (Å²) in [5, 5.41) is 11.3. The molecule has 0 heterocycles. The molecule has 2 rings (SSSR count). The van der Waals surface area contributed by atoms with Crippen LogP contribution in [-0.2, 0) is 16.4 Å². The molecule has 0 fully saturated rings. The smallest absolute Gasteiger partial charge is 0.262 e. The summed E-state index contributed by atoms with van der Waals surface area (Å²) in [6, 6.07) is 11.8. The molecule has 0 unspecified atom stereocenters. The number of anilines is 1. The fourth-order valence-corrected chi connectivity index (χ4v) is 3.96. The molecule has 0 saturated carbocycles. The van der Waals surface area contributed by atoms with E-state index >= 15 is 0 Å². The molecular weight excluding hydrogens is 364 g/mol. The number of hydrogen-bond donors (Lipinski definition) is 3. The van der Waals surface area contributed by atoms with Gasteiger partial charge in [-0.05, 0) is 55.2 Å². The van der Waals surface area contributed by atoms with Gasteiger partial charge in [-0.25, -0.2) is 8.42 Å². The maximum atomic E-state index is 12.8. The van der Waals surface area contributed by atoms with E-state index in [1.807, 2.05) is 12.1 Å². The van der Waals surface area contributed by atoms with Gasteiger partial charge >= 0.3 is 0 Å². The van der Waals surface area contributed by atoms with Gasteiger partial charge in [0.25, 0.3) is 15.9 Å². The molecule has 27 heavy (non-hydrogen) atoms. The molecule has 1 amide bonds. The SMILES string of the molecule is CCCCc1ccc(NS(=O)(=O)c2cc(C(=O)NCCO)ccc2C)cc1. The molecule has 0 aromatic heterocycles. The third kappa shape index (κ3) is 5.80. The van der Waals surface area contributed by atoms with Crippen molar-refractivity contribution >= 4 is 21.6 Å². The molecule has 0 aliphatic rings. The van der Waals surface area contributed by atoms with Crippen molar-refractivity contribution in [2.75, 3.05) is 17.9 Å². The lowest BCUT2D eigenvalue weighted by Gasteiger charge is -2.12. The standard InChI is InChI=1S/C20H26N2O4S/c1-3-4-5-16-7-10-18(11-8-16)22-27(25,26)19-14-17(9-6-15(19)2)20(24)21-12-13-23/h6-11,14,22-23H,3-5,12-13H2,1-2H3,(H,21,24). The first kappa shape index (κ1) is 20.9. The second-order valence-corrected chi connectivity index (χ2v) is 8.02. The summed E-state index contributed by atoms with van der Waals surface area (Å²) in [6.07, 6.45) is 3.17. The third-order valence-corrected chi connectivity index (χ3v) is 5.69. The van der Waals surface area contributed by atoms with E-state index in [9.17, 15) is 13.2 Å². The van der Waals surface area contributed by atoms with Crippen LogP contribution in [0.25, 0.3) is 0 Å². The van der Waals surface area contributed by atoms with Gasteiger partial charge in [0.1, 0.15) is 0 Å². The van der Waals surface area contributed by atoms with E-state index in [0.29, 0.717) is 11.3 Å². The Hall–Kier alpha value is -2.38. The van der Waals surface area contributed by atoms with Crippen LogP contribution in [0.4, 0.5) is 5.69 Å². The van der Waals surface area contributed by atoms with Crippen LogP contribution in [0.5, 0.6) is 0 Å². The molecule has 0 spiro atoms. The third-order valence-electron chi connectivity index (χ3n) is 4.16. The zero-order chi connectivity index (χ0) is 19.9. The number of rotatable bonds is 9. The minimum absolute atomic E-state index is 0.0502. The molecule has 6 nitrogen and oxygen atoms in total.